The molecule has 0 unspecified atom stereocenters. The van der Waals surface area contributed by atoms with Crippen LogP contribution in [0.1, 0.15) is 12.8 Å². The maximum Gasteiger partial charge on any atom is 0.266 e. The van der Waals surface area contributed by atoms with E-state index < -0.39 is 0 Å². The quantitative estimate of drug-likeness (QED) is 0.526. The molecule has 0 amide bonds. The summed E-state index contributed by atoms with van der Waals surface area (Å²) in [4.78, 5) is 28.0. The molecule has 0 saturated carbocycles. The zero-order chi connectivity index (χ0) is 20.3. The van der Waals surface area contributed by atoms with E-state index in [1.807, 2.05) is 42.6 Å². The lowest BCUT2D eigenvalue weighted by atomic mass is 9.97. The minimum Gasteiger partial charge on any atom is -0.355 e. The molecule has 7 heteroatoms. The number of rotatable bonds is 4. The Morgan fingerprint density at radius 2 is 1.70 bits per heavy atom. The van der Waals surface area contributed by atoms with Crippen molar-refractivity contribution in [2.75, 3.05) is 18.0 Å². The molecule has 0 spiro atoms. The normalized spacial score (nSPS) is 14.9. The van der Waals surface area contributed by atoms with Crippen LogP contribution >= 0.6 is 0 Å². The molecule has 30 heavy (non-hydrogen) atoms. The lowest BCUT2D eigenvalue weighted by Gasteiger charge is -2.32. The average Bonchev–Trinajstić information content (AvgIpc) is 2.81. The summed E-state index contributed by atoms with van der Waals surface area (Å²) in [6.45, 7) is 2.43. The van der Waals surface area contributed by atoms with Gasteiger partial charge in [0.2, 0.25) is 0 Å². The van der Waals surface area contributed by atoms with Gasteiger partial charge in [0, 0.05) is 43.7 Å². The van der Waals surface area contributed by atoms with Gasteiger partial charge < -0.3 is 4.90 Å². The van der Waals surface area contributed by atoms with Gasteiger partial charge in [-0.05, 0) is 49.1 Å². The van der Waals surface area contributed by atoms with Crippen molar-refractivity contribution >= 4 is 16.9 Å². The highest BCUT2D eigenvalue weighted by atomic mass is 16.1. The van der Waals surface area contributed by atoms with Crippen LogP contribution in [0.15, 0.2) is 71.9 Å². The lowest BCUT2D eigenvalue weighted by Crippen LogP contribution is -2.37. The summed E-state index contributed by atoms with van der Waals surface area (Å²) in [5.74, 6) is 1.33. The molecule has 1 saturated heterocycles. The molecule has 4 heterocycles. The van der Waals surface area contributed by atoms with E-state index in [1.165, 1.54) is 0 Å². The van der Waals surface area contributed by atoms with Gasteiger partial charge in [0.1, 0.15) is 5.82 Å². The molecule has 1 fully saturated rings. The third kappa shape index (κ3) is 3.78. The van der Waals surface area contributed by atoms with E-state index in [2.05, 4.69) is 20.0 Å². The van der Waals surface area contributed by atoms with Gasteiger partial charge in [0.15, 0.2) is 0 Å². The number of nitrogens with zero attached hydrogens (tertiary/aromatic N) is 6. The van der Waals surface area contributed by atoms with Crippen LogP contribution in [-0.4, -0.2) is 37.8 Å². The number of fused-ring (bicyclic) bond motifs is 1. The lowest BCUT2D eigenvalue weighted by molar-refractivity contribution is 0.335. The van der Waals surface area contributed by atoms with Crippen LogP contribution in [0.4, 0.5) is 5.82 Å². The minimum absolute atomic E-state index is 0.0596. The molecule has 5 rings (SSSR count). The third-order valence-corrected chi connectivity index (χ3v) is 5.65. The monoisotopic (exact) mass is 398 g/mol. The number of aromatic nitrogens is 5. The minimum atomic E-state index is -0.0596. The van der Waals surface area contributed by atoms with E-state index in [0.717, 1.165) is 54.0 Å². The first-order chi connectivity index (χ1) is 14.8. The molecule has 1 aromatic carbocycles. The number of para-hydroxylation sites is 2. The molecular formula is C23H22N6O. The fraction of sp³-hybridized carbons (Fsp3) is 0.261. The van der Waals surface area contributed by atoms with E-state index in [0.29, 0.717) is 12.5 Å². The molecule has 1 aliphatic heterocycles. The van der Waals surface area contributed by atoms with Gasteiger partial charge in [-0.25, -0.2) is 9.67 Å². The maximum atomic E-state index is 12.3. The summed E-state index contributed by atoms with van der Waals surface area (Å²) in [5.41, 5.74) is 3.52. The first-order valence-corrected chi connectivity index (χ1v) is 10.2. The van der Waals surface area contributed by atoms with Crippen molar-refractivity contribution < 1.29 is 0 Å². The number of benzene rings is 1. The van der Waals surface area contributed by atoms with E-state index in [9.17, 15) is 4.79 Å². The number of piperidine rings is 1. The molecule has 1 aliphatic rings. The fourth-order valence-electron chi connectivity index (χ4n) is 3.95. The largest absolute Gasteiger partial charge is 0.355 e. The van der Waals surface area contributed by atoms with E-state index in [-0.39, 0.29) is 5.56 Å². The van der Waals surface area contributed by atoms with Crippen LogP contribution in [0, 0.1) is 5.92 Å². The van der Waals surface area contributed by atoms with Crippen molar-refractivity contribution in [2.24, 2.45) is 5.92 Å². The Bertz CT molecular complexity index is 1220. The first kappa shape index (κ1) is 18.4. The topological polar surface area (TPSA) is 76.8 Å². The molecule has 0 bridgehead atoms. The Morgan fingerprint density at radius 3 is 2.50 bits per heavy atom. The predicted molar refractivity (Wildman–Crippen MR) is 116 cm³/mol. The Hall–Kier alpha value is -3.61. The second kappa shape index (κ2) is 8.02. The molecule has 7 nitrogen and oxygen atoms in total. The number of hydrogen-bond donors (Lipinski definition) is 0. The molecule has 0 N–H and O–H groups in total. The summed E-state index contributed by atoms with van der Waals surface area (Å²) >= 11 is 0. The Morgan fingerprint density at radius 1 is 0.933 bits per heavy atom. The van der Waals surface area contributed by atoms with Crippen molar-refractivity contribution in [3.8, 4) is 11.3 Å². The van der Waals surface area contributed by atoms with Gasteiger partial charge in [-0.3, -0.25) is 14.8 Å². The second-order valence-corrected chi connectivity index (χ2v) is 7.62. The van der Waals surface area contributed by atoms with Gasteiger partial charge in [0.05, 0.1) is 22.9 Å². The van der Waals surface area contributed by atoms with Crippen LogP contribution in [-0.2, 0) is 6.54 Å². The summed E-state index contributed by atoms with van der Waals surface area (Å²) in [7, 11) is 0. The Labute approximate surface area is 174 Å². The first-order valence-electron chi connectivity index (χ1n) is 10.2. The van der Waals surface area contributed by atoms with Crippen LogP contribution in [0.25, 0.3) is 22.3 Å². The molecule has 150 valence electrons. The molecular weight excluding hydrogens is 376 g/mol. The highest BCUT2D eigenvalue weighted by Gasteiger charge is 2.22. The standard InChI is InChI=1S/C23H22N6O/c30-23-6-5-19(18-7-11-24-12-8-18)27-29(23)16-17-9-13-28(14-10-17)22-15-25-20-3-1-2-4-21(20)26-22/h1-8,11-12,15,17H,9-10,13-14,16H2. The van der Waals surface area contributed by atoms with E-state index >= 15 is 0 Å². The zero-order valence-corrected chi connectivity index (χ0v) is 16.6. The summed E-state index contributed by atoms with van der Waals surface area (Å²) in [6, 6.07) is 15.1. The number of pyridine rings is 1. The van der Waals surface area contributed by atoms with Crippen molar-refractivity contribution in [2.45, 2.75) is 19.4 Å². The van der Waals surface area contributed by atoms with Gasteiger partial charge in [-0.15, -0.1) is 0 Å². The van der Waals surface area contributed by atoms with Crippen molar-refractivity contribution in [3.63, 3.8) is 0 Å². The van der Waals surface area contributed by atoms with Gasteiger partial charge in [-0.2, -0.15) is 5.10 Å². The molecule has 4 aromatic rings. The average molecular weight is 398 g/mol. The smallest absolute Gasteiger partial charge is 0.266 e. The van der Waals surface area contributed by atoms with Crippen molar-refractivity contribution in [3.05, 3.63) is 77.5 Å². The summed E-state index contributed by atoms with van der Waals surface area (Å²) in [5, 5.41) is 4.59. The number of anilines is 1. The second-order valence-electron chi connectivity index (χ2n) is 7.62. The maximum absolute atomic E-state index is 12.3. The summed E-state index contributed by atoms with van der Waals surface area (Å²) < 4.78 is 1.60. The Kier molecular flexibility index (Phi) is 4.93. The predicted octanol–water partition coefficient (Wildman–Crippen LogP) is 3.17. The van der Waals surface area contributed by atoms with Crippen molar-refractivity contribution in [1.29, 1.82) is 0 Å². The third-order valence-electron chi connectivity index (χ3n) is 5.65. The fourth-order valence-corrected chi connectivity index (χ4v) is 3.95. The molecule has 0 radical (unpaired) electrons. The van der Waals surface area contributed by atoms with Gasteiger partial charge >= 0.3 is 0 Å². The highest BCUT2D eigenvalue weighted by molar-refractivity contribution is 5.75. The molecule has 0 aliphatic carbocycles. The van der Waals surface area contributed by atoms with Crippen LogP contribution < -0.4 is 10.5 Å². The zero-order valence-electron chi connectivity index (χ0n) is 16.6. The van der Waals surface area contributed by atoms with Gasteiger partial charge in [0.25, 0.3) is 5.56 Å². The van der Waals surface area contributed by atoms with E-state index in [1.54, 1.807) is 29.2 Å². The number of hydrogen-bond acceptors (Lipinski definition) is 6. The van der Waals surface area contributed by atoms with E-state index in [4.69, 9.17) is 4.98 Å². The SMILES string of the molecule is O=c1ccc(-c2ccncc2)nn1CC1CCN(c2cnc3ccccc3n2)CC1. The van der Waals surface area contributed by atoms with Gasteiger partial charge in [-0.1, -0.05) is 12.1 Å². The van der Waals surface area contributed by atoms with Crippen molar-refractivity contribution in [1.82, 2.24) is 24.7 Å². The molecule has 0 atom stereocenters. The van der Waals surface area contributed by atoms with Crippen LogP contribution in [0.3, 0.4) is 0 Å². The van der Waals surface area contributed by atoms with Crippen LogP contribution in [0.5, 0.6) is 0 Å². The molecule has 3 aromatic heterocycles. The van der Waals surface area contributed by atoms with Crippen LogP contribution in [0.2, 0.25) is 0 Å². The Balaban J connectivity index is 1.27. The highest BCUT2D eigenvalue weighted by Crippen LogP contribution is 2.24. The summed E-state index contributed by atoms with van der Waals surface area (Å²) in [6.07, 6.45) is 7.30.